The highest BCUT2D eigenvalue weighted by Crippen LogP contribution is 2.21. The third kappa shape index (κ3) is 3.40. The number of ketones is 2. The molecule has 0 heterocycles. The second kappa shape index (κ2) is 6.54. The number of Topliss-reactive ketones (excluding diaryl/α,β-unsaturated/α-hetero) is 2. The third-order valence-electron chi connectivity index (χ3n) is 3.26. The minimum Gasteiger partial charge on any atom is -0.478 e. The van der Waals surface area contributed by atoms with E-state index in [1.54, 1.807) is 30.3 Å². The lowest BCUT2D eigenvalue weighted by Gasteiger charge is -2.08. The number of benzene rings is 2. The molecule has 22 heavy (non-hydrogen) atoms. The van der Waals surface area contributed by atoms with Gasteiger partial charge >= 0.3 is 5.97 Å². The van der Waals surface area contributed by atoms with Crippen LogP contribution in [0.4, 0.5) is 0 Å². The van der Waals surface area contributed by atoms with E-state index in [9.17, 15) is 14.4 Å². The van der Waals surface area contributed by atoms with E-state index in [2.05, 4.69) is 0 Å². The number of hydrogen-bond donors (Lipinski definition) is 1. The molecular weight excluding hydrogens is 304 g/mol. The average Bonchev–Trinajstić information content (AvgIpc) is 2.49. The Morgan fingerprint density at radius 1 is 1.05 bits per heavy atom. The van der Waals surface area contributed by atoms with E-state index in [-0.39, 0.29) is 29.1 Å². The van der Waals surface area contributed by atoms with Gasteiger partial charge in [-0.15, -0.1) is 0 Å². The number of carbonyl (C=O) groups excluding carboxylic acids is 2. The molecule has 0 aromatic heterocycles. The van der Waals surface area contributed by atoms with Crippen LogP contribution < -0.4 is 0 Å². The van der Waals surface area contributed by atoms with Gasteiger partial charge in [0.2, 0.25) is 0 Å². The molecule has 2 aromatic carbocycles. The first-order chi connectivity index (χ1) is 10.4. The van der Waals surface area contributed by atoms with Crippen molar-refractivity contribution in [1.82, 2.24) is 0 Å². The monoisotopic (exact) mass is 316 g/mol. The zero-order valence-corrected chi connectivity index (χ0v) is 12.6. The normalized spacial score (nSPS) is 10.3. The van der Waals surface area contributed by atoms with Crippen LogP contribution in [0.25, 0.3) is 0 Å². The molecule has 112 valence electrons. The second-order valence-corrected chi connectivity index (χ2v) is 5.22. The summed E-state index contributed by atoms with van der Waals surface area (Å²) in [6.07, 6.45) is -0.0652. The molecule has 0 atom stereocenters. The van der Waals surface area contributed by atoms with Crippen LogP contribution in [0.2, 0.25) is 5.02 Å². The fourth-order valence-corrected chi connectivity index (χ4v) is 2.29. The van der Waals surface area contributed by atoms with Crippen LogP contribution in [0, 0.1) is 0 Å². The number of carbonyl (C=O) groups is 3. The quantitative estimate of drug-likeness (QED) is 0.854. The van der Waals surface area contributed by atoms with E-state index in [1.807, 2.05) is 0 Å². The number of halogens is 1. The predicted molar refractivity (Wildman–Crippen MR) is 82.9 cm³/mol. The van der Waals surface area contributed by atoms with E-state index >= 15 is 0 Å². The maximum absolute atomic E-state index is 12.4. The minimum absolute atomic E-state index is 0.0497. The fraction of sp³-hybridized carbons (Fsp3) is 0.118. The summed E-state index contributed by atoms with van der Waals surface area (Å²) in [7, 11) is 0. The van der Waals surface area contributed by atoms with E-state index in [0.717, 1.165) is 0 Å². The Kier molecular flexibility index (Phi) is 4.73. The van der Waals surface area contributed by atoms with E-state index in [4.69, 9.17) is 16.7 Å². The molecule has 0 aliphatic carbocycles. The van der Waals surface area contributed by atoms with Gasteiger partial charge in [0.1, 0.15) is 0 Å². The Hall–Kier alpha value is -2.46. The van der Waals surface area contributed by atoms with Crippen molar-refractivity contribution in [2.24, 2.45) is 0 Å². The van der Waals surface area contributed by atoms with Crippen molar-refractivity contribution in [2.45, 2.75) is 13.3 Å². The van der Waals surface area contributed by atoms with Gasteiger partial charge in [-0.25, -0.2) is 4.79 Å². The molecule has 2 rings (SSSR count). The minimum atomic E-state index is -1.16. The van der Waals surface area contributed by atoms with E-state index in [1.165, 1.54) is 19.1 Å². The van der Waals surface area contributed by atoms with Gasteiger partial charge in [-0.05, 0) is 36.8 Å². The second-order valence-electron chi connectivity index (χ2n) is 4.81. The predicted octanol–water partition coefficient (Wildman–Crippen LogP) is 3.67. The number of hydrogen-bond acceptors (Lipinski definition) is 3. The van der Waals surface area contributed by atoms with Gasteiger partial charge in [0.05, 0.1) is 5.56 Å². The largest absolute Gasteiger partial charge is 0.478 e. The first-order valence-corrected chi connectivity index (χ1v) is 6.93. The summed E-state index contributed by atoms with van der Waals surface area (Å²) in [5, 5.41) is 9.50. The van der Waals surface area contributed by atoms with Crippen LogP contribution in [0.15, 0.2) is 42.5 Å². The van der Waals surface area contributed by atoms with Crippen LogP contribution in [0.5, 0.6) is 0 Å². The molecule has 0 unspecified atom stereocenters. The molecule has 0 amide bonds. The molecule has 0 aliphatic rings. The number of rotatable bonds is 5. The number of carboxylic acid groups (broad SMARTS) is 1. The van der Waals surface area contributed by atoms with Crippen LogP contribution in [0.3, 0.4) is 0 Å². The van der Waals surface area contributed by atoms with Crippen molar-refractivity contribution in [1.29, 1.82) is 0 Å². The van der Waals surface area contributed by atoms with Gasteiger partial charge in [0.15, 0.2) is 11.6 Å². The smallest absolute Gasteiger partial charge is 0.336 e. The first kappa shape index (κ1) is 15.9. The van der Waals surface area contributed by atoms with Gasteiger partial charge in [0.25, 0.3) is 0 Å². The summed E-state index contributed by atoms with van der Waals surface area (Å²) in [4.78, 5) is 34.9. The maximum atomic E-state index is 12.4. The molecule has 2 aromatic rings. The summed E-state index contributed by atoms with van der Waals surface area (Å²) in [5.74, 6) is -1.65. The molecule has 0 aliphatic heterocycles. The summed E-state index contributed by atoms with van der Waals surface area (Å²) < 4.78 is 0. The van der Waals surface area contributed by atoms with Crippen molar-refractivity contribution in [3.63, 3.8) is 0 Å². The van der Waals surface area contributed by atoms with Crippen LogP contribution in [-0.2, 0) is 6.42 Å². The van der Waals surface area contributed by atoms with E-state index < -0.39 is 5.97 Å². The average molecular weight is 317 g/mol. The highest BCUT2D eigenvalue weighted by atomic mass is 35.5. The summed E-state index contributed by atoms with van der Waals surface area (Å²) in [6.45, 7) is 1.43. The Morgan fingerprint density at radius 2 is 1.68 bits per heavy atom. The lowest BCUT2D eigenvalue weighted by atomic mass is 9.97. The zero-order chi connectivity index (χ0) is 16.3. The van der Waals surface area contributed by atoms with Crippen molar-refractivity contribution < 1.29 is 19.5 Å². The molecular formula is C17H13ClO4. The molecule has 0 fully saturated rings. The summed E-state index contributed by atoms with van der Waals surface area (Å²) in [5.41, 5.74) is 1.03. The summed E-state index contributed by atoms with van der Waals surface area (Å²) in [6, 6.07) is 10.7. The standard InChI is InChI=1S/C17H13ClO4/c1-10(19)11-6-7-15(18)12(8-11)9-16(20)13-4-2-3-5-14(13)17(21)22/h2-8H,9H2,1H3,(H,21,22). The topological polar surface area (TPSA) is 71.4 Å². The lowest BCUT2D eigenvalue weighted by molar-refractivity contribution is 0.0691. The lowest BCUT2D eigenvalue weighted by Crippen LogP contribution is -2.11. The van der Waals surface area contributed by atoms with Crippen LogP contribution in [-0.4, -0.2) is 22.6 Å². The zero-order valence-electron chi connectivity index (χ0n) is 11.8. The van der Waals surface area contributed by atoms with Crippen LogP contribution in [0.1, 0.15) is 43.6 Å². The Bertz CT molecular complexity index is 765. The SMILES string of the molecule is CC(=O)c1ccc(Cl)c(CC(=O)c2ccccc2C(=O)O)c1. The highest BCUT2D eigenvalue weighted by Gasteiger charge is 2.17. The van der Waals surface area contributed by atoms with Crippen molar-refractivity contribution in [3.05, 3.63) is 69.7 Å². The maximum Gasteiger partial charge on any atom is 0.336 e. The van der Waals surface area contributed by atoms with Crippen molar-refractivity contribution in [3.8, 4) is 0 Å². The van der Waals surface area contributed by atoms with Gasteiger partial charge in [-0.1, -0.05) is 29.8 Å². The summed E-state index contributed by atoms with van der Waals surface area (Å²) >= 11 is 6.05. The van der Waals surface area contributed by atoms with E-state index in [0.29, 0.717) is 16.1 Å². The fourth-order valence-electron chi connectivity index (χ4n) is 2.11. The van der Waals surface area contributed by atoms with Crippen LogP contribution >= 0.6 is 11.6 Å². The molecule has 4 nitrogen and oxygen atoms in total. The van der Waals surface area contributed by atoms with Gasteiger partial charge in [-0.2, -0.15) is 0 Å². The molecule has 1 N–H and O–H groups in total. The van der Waals surface area contributed by atoms with Crippen molar-refractivity contribution in [2.75, 3.05) is 0 Å². The number of carboxylic acids is 1. The highest BCUT2D eigenvalue weighted by molar-refractivity contribution is 6.31. The third-order valence-corrected chi connectivity index (χ3v) is 3.63. The first-order valence-electron chi connectivity index (χ1n) is 6.55. The molecule has 5 heteroatoms. The van der Waals surface area contributed by atoms with Gasteiger partial charge in [-0.3, -0.25) is 9.59 Å². The Balaban J connectivity index is 2.36. The molecule has 0 bridgehead atoms. The molecule has 0 radical (unpaired) electrons. The number of aromatic carboxylic acids is 1. The van der Waals surface area contributed by atoms with Gasteiger partial charge < -0.3 is 5.11 Å². The Morgan fingerprint density at radius 3 is 2.27 bits per heavy atom. The van der Waals surface area contributed by atoms with Gasteiger partial charge in [0, 0.05) is 22.6 Å². The Labute approximate surface area is 132 Å². The molecule has 0 spiro atoms. The molecule has 0 saturated carbocycles. The van der Waals surface area contributed by atoms with Crippen molar-refractivity contribution >= 4 is 29.1 Å². The molecule has 0 saturated heterocycles.